The first-order valence-electron chi connectivity index (χ1n) is 10.4. The van der Waals surface area contributed by atoms with E-state index in [0.29, 0.717) is 5.56 Å². The Hall–Kier alpha value is -2.68. The molecule has 0 spiro atoms. The molecule has 152 valence electrons. The van der Waals surface area contributed by atoms with Crippen LogP contribution >= 0.6 is 0 Å². The van der Waals surface area contributed by atoms with Crippen LogP contribution in [0.1, 0.15) is 43.0 Å². The maximum Gasteiger partial charge on any atom is 0.237 e. The van der Waals surface area contributed by atoms with E-state index >= 15 is 0 Å². The summed E-state index contributed by atoms with van der Waals surface area (Å²) in [7, 11) is 0. The Morgan fingerprint density at radius 2 is 1.76 bits per heavy atom. The Balaban J connectivity index is 1.51. The number of carbonyl (C=O) groups is 1. The molecule has 1 fully saturated rings. The van der Waals surface area contributed by atoms with Crippen LogP contribution in [0.25, 0.3) is 0 Å². The Bertz CT molecular complexity index is 828. The summed E-state index contributed by atoms with van der Waals surface area (Å²) in [4.78, 5) is 17.5. The molecule has 0 saturated carbocycles. The molecule has 2 atom stereocenters. The number of nitriles is 1. The van der Waals surface area contributed by atoms with Gasteiger partial charge in [0.1, 0.15) is 0 Å². The molecule has 1 aliphatic heterocycles. The second kappa shape index (κ2) is 10.2. The van der Waals surface area contributed by atoms with Crippen molar-refractivity contribution in [1.82, 2.24) is 15.1 Å². The van der Waals surface area contributed by atoms with Gasteiger partial charge in [0.2, 0.25) is 5.91 Å². The molecule has 5 nitrogen and oxygen atoms in total. The number of benzene rings is 2. The van der Waals surface area contributed by atoms with Crippen molar-refractivity contribution in [2.24, 2.45) is 0 Å². The number of carbonyl (C=O) groups excluding carboxylic acids is 1. The normalized spacial score (nSPS) is 17.7. The van der Waals surface area contributed by atoms with Gasteiger partial charge in [-0.05, 0) is 50.1 Å². The minimum Gasteiger partial charge on any atom is -0.348 e. The number of hydrogen-bond acceptors (Lipinski definition) is 4. The molecule has 3 rings (SSSR count). The monoisotopic (exact) mass is 390 g/mol. The first-order chi connectivity index (χ1) is 14.1. The van der Waals surface area contributed by atoms with Gasteiger partial charge >= 0.3 is 0 Å². The van der Waals surface area contributed by atoms with Crippen molar-refractivity contribution < 1.29 is 4.79 Å². The van der Waals surface area contributed by atoms with Gasteiger partial charge in [-0.25, -0.2) is 0 Å². The average molecular weight is 391 g/mol. The number of hydrogen-bond donors (Lipinski definition) is 1. The van der Waals surface area contributed by atoms with Gasteiger partial charge in [0, 0.05) is 26.2 Å². The lowest BCUT2D eigenvalue weighted by molar-refractivity contribution is -0.126. The van der Waals surface area contributed by atoms with Crippen LogP contribution < -0.4 is 5.32 Å². The van der Waals surface area contributed by atoms with Crippen molar-refractivity contribution >= 4 is 5.91 Å². The van der Waals surface area contributed by atoms with Crippen LogP contribution in [-0.2, 0) is 11.3 Å². The summed E-state index contributed by atoms with van der Waals surface area (Å²) in [5.74, 6) is 0.0851. The summed E-state index contributed by atoms with van der Waals surface area (Å²) in [5, 5.41) is 12.1. The number of nitrogens with zero attached hydrogens (tertiary/aromatic N) is 3. The Morgan fingerprint density at radius 3 is 2.45 bits per heavy atom. The molecule has 0 unspecified atom stereocenters. The smallest absolute Gasteiger partial charge is 0.237 e. The molecule has 1 aliphatic rings. The molecule has 2 aromatic rings. The fourth-order valence-corrected chi connectivity index (χ4v) is 3.80. The van der Waals surface area contributed by atoms with Gasteiger partial charge in [-0.15, -0.1) is 0 Å². The molecule has 1 N–H and O–H groups in total. The summed E-state index contributed by atoms with van der Waals surface area (Å²) in [6, 6.07) is 19.9. The fraction of sp³-hybridized carbons (Fsp3) is 0.417. The third-order valence-electron chi connectivity index (χ3n) is 5.70. The van der Waals surface area contributed by atoms with Crippen LogP contribution in [0.2, 0.25) is 0 Å². The Kier molecular flexibility index (Phi) is 7.40. The maximum atomic E-state index is 12.8. The summed E-state index contributed by atoms with van der Waals surface area (Å²) in [5.41, 5.74) is 3.04. The van der Waals surface area contributed by atoms with Gasteiger partial charge in [-0.2, -0.15) is 5.26 Å². The third-order valence-corrected chi connectivity index (χ3v) is 5.70. The van der Waals surface area contributed by atoms with Crippen LogP contribution in [0.15, 0.2) is 54.6 Å². The third kappa shape index (κ3) is 5.90. The van der Waals surface area contributed by atoms with E-state index in [-0.39, 0.29) is 18.0 Å². The predicted octanol–water partition coefficient (Wildman–Crippen LogP) is 3.33. The molecule has 0 bridgehead atoms. The second-order valence-corrected chi connectivity index (χ2v) is 7.79. The van der Waals surface area contributed by atoms with E-state index in [1.807, 2.05) is 68.4 Å². The van der Waals surface area contributed by atoms with Crippen LogP contribution in [-0.4, -0.2) is 47.9 Å². The first kappa shape index (κ1) is 21.0. The number of nitrogens with one attached hydrogen (secondary N) is 1. The number of rotatable bonds is 6. The predicted molar refractivity (Wildman–Crippen MR) is 115 cm³/mol. The van der Waals surface area contributed by atoms with Crippen molar-refractivity contribution in [3.05, 3.63) is 71.3 Å². The lowest BCUT2D eigenvalue weighted by Gasteiger charge is -2.28. The van der Waals surface area contributed by atoms with Gasteiger partial charge in [0.15, 0.2) is 0 Å². The second-order valence-electron chi connectivity index (χ2n) is 7.79. The Labute approximate surface area is 173 Å². The molecular weight excluding hydrogens is 360 g/mol. The maximum absolute atomic E-state index is 12.8. The van der Waals surface area contributed by atoms with E-state index < -0.39 is 0 Å². The zero-order chi connectivity index (χ0) is 20.6. The molecule has 1 amide bonds. The summed E-state index contributed by atoms with van der Waals surface area (Å²) >= 11 is 0. The average Bonchev–Trinajstić information content (AvgIpc) is 3.00. The SMILES string of the molecule is C[C@H](NC(=O)[C@H](C)N1CCCN(Cc2ccc(C#N)cc2)CC1)c1ccccc1. The molecular formula is C24H30N4O. The molecule has 0 radical (unpaired) electrons. The lowest BCUT2D eigenvalue weighted by Crippen LogP contribution is -2.47. The minimum absolute atomic E-state index is 0.00556. The van der Waals surface area contributed by atoms with Crippen LogP contribution in [0.4, 0.5) is 0 Å². The van der Waals surface area contributed by atoms with E-state index in [2.05, 4.69) is 21.2 Å². The molecule has 2 aromatic carbocycles. The molecule has 0 aromatic heterocycles. The van der Waals surface area contributed by atoms with E-state index in [1.54, 1.807) is 0 Å². The van der Waals surface area contributed by atoms with Gasteiger partial charge in [-0.1, -0.05) is 42.5 Å². The molecule has 0 aliphatic carbocycles. The first-order valence-corrected chi connectivity index (χ1v) is 10.4. The molecule has 29 heavy (non-hydrogen) atoms. The standard InChI is InChI=1S/C24H30N4O/c1-19(23-7-4-3-5-8-23)26-24(29)20(2)28-14-6-13-27(15-16-28)18-22-11-9-21(17-25)10-12-22/h3-5,7-12,19-20H,6,13-16,18H2,1-2H3,(H,26,29)/t19-,20-/m0/s1. The van der Waals surface area contributed by atoms with Crippen LogP contribution in [0, 0.1) is 11.3 Å². The minimum atomic E-state index is -0.143. The van der Waals surface area contributed by atoms with Crippen molar-refractivity contribution in [2.45, 2.75) is 38.9 Å². The van der Waals surface area contributed by atoms with Crippen molar-refractivity contribution in [3.63, 3.8) is 0 Å². The quantitative estimate of drug-likeness (QED) is 0.822. The number of amides is 1. The molecule has 1 saturated heterocycles. The highest BCUT2D eigenvalue weighted by Gasteiger charge is 2.25. The van der Waals surface area contributed by atoms with Crippen molar-refractivity contribution in [2.75, 3.05) is 26.2 Å². The van der Waals surface area contributed by atoms with E-state index in [0.717, 1.165) is 44.7 Å². The zero-order valence-corrected chi connectivity index (χ0v) is 17.3. The highest BCUT2D eigenvalue weighted by atomic mass is 16.2. The summed E-state index contributed by atoms with van der Waals surface area (Å²) < 4.78 is 0. The Morgan fingerprint density at radius 1 is 1.03 bits per heavy atom. The van der Waals surface area contributed by atoms with Crippen molar-refractivity contribution in [3.8, 4) is 6.07 Å². The van der Waals surface area contributed by atoms with Gasteiger partial charge < -0.3 is 5.32 Å². The van der Waals surface area contributed by atoms with Gasteiger partial charge in [0.25, 0.3) is 0 Å². The highest BCUT2D eigenvalue weighted by Crippen LogP contribution is 2.14. The summed E-state index contributed by atoms with van der Waals surface area (Å²) in [6.45, 7) is 8.68. The lowest BCUT2D eigenvalue weighted by atomic mass is 10.1. The van der Waals surface area contributed by atoms with Gasteiger partial charge in [0.05, 0.1) is 23.7 Å². The fourth-order valence-electron chi connectivity index (χ4n) is 3.80. The largest absolute Gasteiger partial charge is 0.348 e. The van der Waals surface area contributed by atoms with E-state index in [1.165, 1.54) is 5.56 Å². The van der Waals surface area contributed by atoms with Crippen LogP contribution in [0.5, 0.6) is 0 Å². The van der Waals surface area contributed by atoms with Crippen molar-refractivity contribution in [1.29, 1.82) is 5.26 Å². The summed E-state index contributed by atoms with van der Waals surface area (Å²) in [6.07, 6.45) is 1.04. The highest BCUT2D eigenvalue weighted by molar-refractivity contribution is 5.81. The zero-order valence-electron chi connectivity index (χ0n) is 17.3. The van der Waals surface area contributed by atoms with Gasteiger partial charge in [-0.3, -0.25) is 14.6 Å². The van der Waals surface area contributed by atoms with E-state index in [9.17, 15) is 4.79 Å². The topological polar surface area (TPSA) is 59.4 Å². The van der Waals surface area contributed by atoms with E-state index in [4.69, 9.17) is 5.26 Å². The molecule has 1 heterocycles. The van der Waals surface area contributed by atoms with Crippen LogP contribution in [0.3, 0.4) is 0 Å². The molecule has 5 heteroatoms.